The zero-order valence-corrected chi connectivity index (χ0v) is 22.9. The van der Waals surface area contributed by atoms with Crippen LogP contribution in [-0.4, -0.2) is 53.9 Å². The number of hydrogen-bond donors (Lipinski definition) is 0. The largest absolute Gasteiger partial charge is 0.465 e. The highest BCUT2D eigenvalue weighted by Crippen LogP contribution is 2.46. The molecule has 5 nitrogen and oxygen atoms in total. The number of piperidine rings is 1. The number of hydrogen-bond acceptors (Lipinski definition) is 4. The summed E-state index contributed by atoms with van der Waals surface area (Å²) in [5, 5.41) is 1.44. The lowest BCUT2D eigenvalue weighted by Crippen LogP contribution is -2.52. The maximum absolute atomic E-state index is 13.2. The molecule has 1 aromatic carbocycles. The second-order valence-corrected chi connectivity index (χ2v) is 10.9. The number of fused-ring (bicyclic) bond motifs is 2. The quantitative estimate of drug-likeness (QED) is 0.416. The number of likely N-dealkylation sites (tertiary alicyclic amines) is 1. The molecule has 0 N–H and O–H groups in total. The van der Waals surface area contributed by atoms with Crippen molar-refractivity contribution in [3.8, 4) is 0 Å². The molecule has 0 spiro atoms. The van der Waals surface area contributed by atoms with Crippen LogP contribution in [0.3, 0.4) is 0 Å². The molecule has 34 heavy (non-hydrogen) atoms. The Morgan fingerprint density at radius 1 is 1.26 bits per heavy atom. The number of aromatic nitrogens is 1. The highest BCUT2D eigenvalue weighted by Gasteiger charge is 2.43. The molecule has 3 aliphatic rings. The minimum Gasteiger partial charge on any atom is -0.465 e. The summed E-state index contributed by atoms with van der Waals surface area (Å²) >= 11 is 0. The van der Waals surface area contributed by atoms with Crippen LogP contribution < -0.4 is 0 Å². The van der Waals surface area contributed by atoms with Crippen molar-refractivity contribution in [3.63, 3.8) is 0 Å². The van der Waals surface area contributed by atoms with E-state index in [1.807, 2.05) is 0 Å². The van der Waals surface area contributed by atoms with E-state index in [0.29, 0.717) is 24.6 Å². The third-order valence-electron chi connectivity index (χ3n) is 8.21. The molecule has 2 saturated heterocycles. The van der Waals surface area contributed by atoms with Gasteiger partial charge in [-0.25, -0.2) is 0 Å². The monoisotopic (exact) mass is 532 g/mol. The Labute approximate surface area is 214 Å². The lowest BCUT2D eigenvalue weighted by molar-refractivity contribution is -0.154. The molecule has 2 unspecified atom stereocenters. The Morgan fingerprint density at radius 2 is 2.09 bits per heavy atom. The topological polar surface area (TPSA) is 43.7 Å². The van der Waals surface area contributed by atoms with E-state index in [-0.39, 0.29) is 40.9 Å². The van der Waals surface area contributed by atoms with Gasteiger partial charge in [0.25, 0.3) is 0 Å². The van der Waals surface area contributed by atoms with Crippen LogP contribution in [0.4, 0.5) is 0 Å². The summed E-state index contributed by atoms with van der Waals surface area (Å²) in [7, 11) is 0. The Morgan fingerprint density at radius 3 is 2.79 bits per heavy atom. The van der Waals surface area contributed by atoms with Crippen LogP contribution in [0.25, 0.3) is 10.9 Å². The number of esters is 1. The highest BCUT2D eigenvalue weighted by atomic mass is 79.9. The van der Waals surface area contributed by atoms with Gasteiger partial charge in [0.15, 0.2) is 0 Å². The Hall–Kier alpha value is -1.37. The van der Waals surface area contributed by atoms with E-state index in [9.17, 15) is 4.79 Å². The number of benzene rings is 1. The Bertz CT molecular complexity index is 997. The number of carbonyl (C=O) groups is 1. The summed E-state index contributed by atoms with van der Waals surface area (Å²) in [4.78, 5) is 15.8. The van der Waals surface area contributed by atoms with Gasteiger partial charge in [0.05, 0.1) is 18.6 Å². The fourth-order valence-electron chi connectivity index (χ4n) is 6.56. The molecule has 3 heterocycles. The molecule has 2 aliphatic heterocycles. The van der Waals surface area contributed by atoms with E-state index in [1.54, 1.807) is 0 Å². The predicted octanol–water partition coefficient (Wildman–Crippen LogP) is 5.90. The molecular weight excluding hydrogens is 492 g/mol. The SMILES string of the molecule is Br.CCCN1C[C@H](C(=O)OCC(C)C2CCCO2)C[C@@H]2c3cccc4c3c(cn4C(C)C)C[C@H]21. The van der Waals surface area contributed by atoms with Crippen molar-refractivity contribution in [1.82, 2.24) is 9.47 Å². The van der Waals surface area contributed by atoms with E-state index in [1.165, 1.54) is 22.0 Å². The maximum Gasteiger partial charge on any atom is 0.310 e. The number of halogens is 1. The molecule has 0 amide bonds. The molecule has 0 saturated carbocycles. The third kappa shape index (κ3) is 4.70. The van der Waals surface area contributed by atoms with Crippen molar-refractivity contribution in [3.05, 3.63) is 35.5 Å². The van der Waals surface area contributed by atoms with Crippen LogP contribution >= 0.6 is 17.0 Å². The van der Waals surface area contributed by atoms with Gasteiger partial charge in [0, 0.05) is 54.2 Å². The fraction of sp³-hybridized carbons (Fsp3) is 0.679. The first kappa shape index (κ1) is 25.7. The summed E-state index contributed by atoms with van der Waals surface area (Å²) in [6.07, 6.45) is 7.89. The second kappa shape index (κ2) is 10.7. The van der Waals surface area contributed by atoms with Gasteiger partial charge >= 0.3 is 5.97 Å². The molecule has 188 valence electrons. The van der Waals surface area contributed by atoms with E-state index in [2.05, 4.69) is 61.6 Å². The molecule has 2 fully saturated rings. The number of nitrogens with zero attached hydrogens (tertiary/aromatic N) is 2. The maximum atomic E-state index is 13.2. The molecule has 0 radical (unpaired) electrons. The molecule has 2 aromatic rings. The van der Waals surface area contributed by atoms with Gasteiger partial charge in [-0.2, -0.15) is 0 Å². The van der Waals surface area contributed by atoms with Gasteiger partial charge in [0.2, 0.25) is 0 Å². The van der Waals surface area contributed by atoms with Crippen LogP contribution in [0.2, 0.25) is 0 Å². The molecule has 5 atom stereocenters. The summed E-state index contributed by atoms with van der Waals surface area (Å²) in [5.41, 5.74) is 4.25. The average molecular weight is 534 g/mol. The summed E-state index contributed by atoms with van der Waals surface area (Å²) in [5.74, 6) is 0.578. The highest BCUT2D eigenvalue weighted by molar-refractivity contribution is 8.93. The Balaban J connectivity index is 0.00000274. The van der Waals surface area contributed by atoms with Gasteiger partial charge in [-0.3, -0.25) is 9.69 Å². The minimum atomic E-state index is -0.0570. The summed E-state index contributed by atoms with van der Waals surface area (Å²) in [6.45, 7) is 12.1. The van der Waals surface area contributed by atoms with Crippen LogP contribution in [-0.2, 0) is 20.7 Å². The van der Waals surface area contributed by atoms with Crippen molar-refractivity contribution in [1.29, 1.82) is 0 Å². The minimum absolute atomic E-state index is 0. The smallest absolute Gasteiger partial charge is 0.310 e. The number of ether oxygens (including phenoxy) is 2. The fourth-order valence-corrected chi connectivity index (χ4v) is 6.56. The van der Waals surface area contributed by atoms with Crippen LogP contribution in [0, 0.1) is 11.8 Å². The zero-order valence-electron chi connectivity index (χ0n) is 21.2. The second-order valence-electron chi connectivity index (χ2n) is 10.9. The van der Waals surface area contributed by atoms with Crippen molar-refractivity contribution >= 4 is 33.9 Å². The van der Waals surface area contributed by atoms with Crippen LogP contribution in [0.5, 0.6) is 0 Å². The number of carbonyl (C=O) groups excluding carboxylic acids is 1. The van der Waals surface area contributed by atoms with Gasteiger partial charge < -0.3 is 14.0 Å². The van der Waals surface area contributed by atoms with Crippen molar-refractivity contribution in [2.75, 3.05) is 26.3 Å². The Kier molecular flexibility index (Phi) is 8.10. The van der Waals surface area contributed by atoms with E-state index in [4.69, 9.17) is 9.47 Å². The van der Waals surface area contributed by atoms with Crippen molar-refractivity contribution in [2.45, 2.75) is 83.9 Å². The zero-order chi connectivity index (χ0) is 23.1. The van der Waals surface area contributed by atoms with E-state index in [0.717, 1.165) is 51.8 Å². The van der Waals surface area contributed by atoms with E-state index >= 15 is 0 Å². The van der Waals surface area contributed by atoms with Crippen molar-refractivity contribution < 1.29 is 14.3 Å². The molecule has 1 aliphatic carbocycles. The lowest BCUT2D eigenvalue weighted by atomic mass is 9.72. The predicted molar refractivity (Wildman–Crippen MR) is 142 cm³/mol. The summed E-state index contributed by atoms with van der Waals surface area (Å²) in [6, 6.07) is 7.69. The van der Waals surface area contributed by atoms with E-state index < -0.39 is 0 Å². The average Bonchev–Trinajstić information content (AvgIpc) is 3.47. The first-order valence-electron chi connectivity index (χ1n) is 13.1. The first-order chi connectivity index (χ1) is 16.0. The molecular formula is C28H41BrN2O3. The molecule has 6 heteroatoms. The normalized spacial score (nSPS) is 27.4. The molecule has 5 rings (SSSR count). The lowest BCUT2D eigenvalue weighted by Gasteiger charge is -2.46. The van der Waals surface area contributed by atoms with Gasteiger partial charge in [-0.15, -0.1) is 17.0 Å². The molecule has 1 aromatic heterocycles. The van der Waals surface area contributed by atoms with Crippen LogP contribution in [0.15, 0.2) is 24.4 Å². The standard InChI is InChI=1S/C28H40N2O3.BrH/c1-5-11-29-15-21(28(31)33-17-19(4)26-10-7-12-32-26)13-23-22-8-6-9-24-27(22)20(14-25(23)29)16-30(24)18(2)3;/h6,8-9,16,18-19,21,23,25-26H,5,7,10-15,17H2,1-4H3;1H/t19?,21-,23-,25-,26?;/m1./s1. The van der Waals surface area contributed by atoms with Crippen LogP contribution in [0.1, 0.15) is 76.5 Å². The van der Waals surface area contributed by atoms with Gasteiger partial charge in [-0.1, -0.05) is 26.0 Å². The summed E-state index contributed by atoms with van der Waals surface area (Å²) < 4.78 is 14.1. The third-order valence-corrected chi connectivity index (χ3v) is 8.21. The molecule has 0 bridgehead atoms. The van der Waals surface area contributed by atoms with Gasteiger partial charge in [-0.05, 0) is 69.7 Å². The van der Waals surface area contributed by atoms with Crippen molar-refractivity contribution in [2.24, 2.45) is 11.8 Å². The number of rotatable bonds is 7. The first-order valence-corrected chi connectivity index (χ1v) is 13.1. The van der Waals surface area contributed by atoms with Gasteiger partial charge in [0.1, 0.15) is 0 Å².